The number of anilines is 1. The SMILES string of the molecule is CCC(NC(=O)CN(c1cc(Cl)ccc1OC)S(C)(=O)=O)c1ccc(C)c(C)c1. The van der Waals surface area contributed by atoms with Gasteiger partial charge in [0.15, 0.2) is 0 Å². The van der Waals surface area contributed by atoms with E-state index in [1.54, 1.807) is 12.1 Å². The number of amides is 1. The van der Waals surface area contributed by atoms with Gasteiger partial charge in [-0.1, -0.05) is 36.7 Å². The van der Waals surface area contributed by atoms with Crippen LogP contribution in [0.1, 0.15) is 36.1 Å². The molecule has 0 heterocycles. The number of sulfonamides is 1. The number of halogens is 1. The number of rotatable bonds is 8. The van der Waals surface area contributed by atoms with Crippen LogP contribution >= 0.6 is 11.6 Å². The molecule has 0 aliphatic carbocycles. The van der Waals surface area contributed by atoms with Crippen LogP contribution < -0.4 is 14.4 Å². The molecule has 8 heteroatoms. The summed E-state index contributed by atoms with van der Waals surface area (Å²) in [6.45, 7) is 5.64. The quantitative estimate of drug-likeness (QED) is 0.675. The zero-order valence-electron chi connectivity index (χ0n) is 17.3. The molecule has 0 fully saturated rings. The van der Waals surface area contributed by atoms with E-state index in [9.17, 15) is 13.2 Å². The van der Waals surface area contributed by atoms with Gasteiger partial charge in [-0.25, -0.2) is 8.42 Å². The monoisotopic (exact) mass is 438 g/mol. The Hall–Kier alpha value is -2.25. The van der Waals surface area contributed by atoms with Gasteiger partial charge in [-0.2, -0.15) is 0 Å². The smallest absolute Gasteiger partial charge is 0.241 e. The first-order valence-electron chi connectivity index (χ1n) is 9.24. The fraction of sp³-hybridized carbons (Fsp3) is 0.381. The van der Waals surface area contributed by atoms with Crippen molar-refractivity contribution in [3.8, 4) is 5.75 Å². The van der Waals surface area contributed by atoms with Crippen molar-refractivity contribution in [1.29, 1.82) is 0 Å². The highest BCUT2D eigenvalue weighted by Gasteiger charge is 2.25. The van der Waals surface area contributed by atoms with Gasteiger partial charge in [-0.05, 0) is 55.2 Å². The lowest BCUT2D eigenvalue weighted by Gasteiger charge is -2.25. The number of carbonyl (C=O) groups is 1. The van der Waals surface area contributed by atoms with Gasteiger partial charge in [0.2, 0.25) is 15.9 Å². The van der Waals surface area contributed by atoms with Crippen molar-refractivity contribution in [2.75, 3.05) is 24.2 Å². The lowest BCUT2D eigenvalue weighted by molar-refractivity contribution is -0.120. The highest BCUT2D eigenvalue weighted by molar-refractivity contribution is 7.92. The van der Waals surface area contributed by atoms with Crippen LogP contribution in [0.25, 0.3) is 0 Å². The number of nitrogens with one attached hydrogen (secondary N) is 1. The van der Waals surface area contributed by atoms with Crippen molar-refractivity contribution in [2.45, 2.75) is 33.2 Å². The van der Waals surface area contributed by atoms with Gasteiger partial charge in [0.25, 0.3) is 0 Å². The first-order chi connectivity index (χ1) is 13.6. The van der Waals surface area contributed by atoms with Crippen molar-refractivity contribution in [2.24, 2.45) is 0 Å². The van der Waals surface area contributed by atoms with Gasteiger partial charge >= 0.3 is 0 Å². The molecule has 0 bridgehead atoms. The molecule has 1 unspecified atom stereocenters. The van der Waals surface area contributed by atoms with Crippen LogP contribution in [0.4, 0.5) is 5.69 Å². The molecule has 1 N–H and O–H groups in total. The number of hydrogen-bond donors (Lipinski definition) is 1. The van der Waals surface area contributed by atoms with E-state index in [2.05, 4.69) is 5.32 Å². The van der Waals surface area contributed by atoms with E-state index >= 15 is 0 Å². The summed E-state index contributed by atoms with van der Waals surface area (Å²) in [7, 11) is -2.32. The summed E-state index contributed by atoms with van der Waals surface area (Å²) < 4.78 is 31.1. The van der Waals surface area contributed by atoms with Gasteiger partial charge < -0.3 is 10.1 Å². The Bertz CT molecular complexity index is 992. The lowest BCUT2D eigenvalue weighted by Crippen LogP contribution is -2.41. The maximum absolute atomic E-state index is 12.8. The third-order valence-corrected chi connectivity index (χ3v) is 6.14. The molecule has 0 saturated carbocycles. The molecule has 0 aliphatic heterocycles. The summed E-state index contributed by atoms with van der Waals surface area (Å²) in [6, 6.07) is 10.4. The minimum Gasteiger partial charge on any atom is -0.495 e. The molecule has 29 heavy (non-hydrogen) atoms. The van der Waals surface area contributed by atoms with Gasteiger partial charge in [0.05, 0.1) is 25.1 Å². The minimum absolute atomic E-state index is 0.218. The van der Waals surface area contributed by atoms with Gasteiger partial charge in [0, 0.05) is 5.02 Å². The molecule has 2 aromatic rings. The second kappa shape index (κ2) is 9.50. The molecule has 158 valence electrons. The lowest BCUT2D eigenvalue weighted by atomic mass is 9.99. The van der Waals surface area contributed by atoms with Crippen LogP contribution in [0.15, 0.2) is 36.4 Å². The summed E-state index contributed by atoms with van der Waals surface area (Å²) >= 11 is 6.04. The number of benzene rings is 2. The Kier molecular flexibility index (Phi) is 7.54. The number of aryl methyl sites for hydroxylation is 2. The van der Waals surface area contributed by atoms with E-state index in [1.807, 2.05) is 39.0 Å². The molecular weight excluding hydrogens is 412 g/mol. The highest BCUT2D eigenvalue weighted by Crippen LogP contribution is 2.32. The third-order valence-electron chi connectivity index (χ3n) is 4.77. The molecule has 0 aliphatic rings. The van der Waals surface area contributed by atoms with Crippen molar-refractivity contribution in [3.05, 3.63) is 58.1 Å². The molecule has 0 aromatic heterocycles. The average Bonchev–Trinajstić information content (AvgIpc) is 2.65. The number of ether oxygens (including phenoxy) is 1. The van der Waals surface area contributed by atoms with Crippen LogP contribution in [-0.2, 0) is 14.8 Å². The first-order valence-corrected chi connectivity index (χ1v) is 11.5. The van der Waals surface area contributed by atoms with E-state index in [0.717, 1.165) is 21.7 Å². The van der Waals surface area contributed by atoms with Crippen molar-refractivity contribution < 1.29 is 17.9 Å². The Labute approximate surface area is 177 Å². The topological polar surface area (TPSA) is 75.7 Å². The van der Waals surface area contributed by atoms with Crippen LogP contribution in [-0.4, -0.2) is 34.2 Å². The van der Waals surface area contributed by atoms with Gasteiger partial charge in [-0.3, -0.25) is 9.10 Å². The average molecular weight is 439 g/mol. The summed E-state index contributed by atoms with van der Waals surface area (Å²) in [6.07, 6.45) is 1.72. The minimum atomic E-state index is -3.75. The number of carbonyl (C=O) groups excluding carboxylic acids is 1. The van der Waals surface area contributed by atoms with E-state index in [0.29, 0.717) is 17.2 Å². The van der Waals surface area contributed by atoms with Crippen LogP contribution in [0.2, 0.25) is 5.02 Å². The van der Waals surface area contributed by atoms with E-state index in [-0.39, 0.29) is 18.3 Å². The summed E-state index contributed by atoms with van der Waals surface area (Å²) in [4.78, 5) is 12.8. The fourth-order valence-corrected chi connectivity index (χ4v) is 4.03. The predicted molar refractivity (Wildman–Crippen MR) is 117 cm³/mol. The number of nitrogens with zero attached hydrogens (tertiary/aromatic N) is 1. The second-order valence-electron chi connectivity index (χ2n) is 6.96. The number of hydrogen-bond acceptors (Lipinski definition) is 4. The first kappa shape index (κ1) is 23.0. The Morgan fingerprint density at radius 2 is 1.86 bits per heavy atom. The Morgan fingerprint density at radius 1 is 1.17 bits per heavy atom. The van der Waals surface area contributed by atoms with Crippen molar-refractivity contribution in [1.82, 2.24) is 5.32 Å². The Morgan fingerprint density at radius 3 is 2.41 bits per heavy atom. The summed E-state index contributed by atoms with van der Waals surface area (Å²) in [5.74, 6) is -0.101. The number of methoxy groups -OCH3 is 1. The summed E-state index contributed by atoms with van der Waals surface area (Å²) in [5, 5.41) is 3.28. The summed E-state index contributed by atoms with van der Waals surface area (Å²) in [5.41, 5.74) is 3.51. The largest absolute Gasteiger partial charge is 0.495 e. The normalized spacial score (nSPS) is 12.3. The zero-order chi connectivity index (χ0) is 21.8. The molecule has 6 nitrogen and oxygen atoms in total. The van der Waals surface area contributed by atoms with Crippen LogP contribution in [0, 0.1) is 13.8 Å². The highest BCUT2D eigenvalue weighted by atomic mass is 35.5. The van der Waals surface area contributed by atoms with Gasteiger partial charge in [0.1, 0.15) is 12.3 Å². The zero-order valence-corrected chi connectivity index (χ0v) is 18.9. The van der Waals surface area contributed by atoms with Crippen LogP contribution in [0.3, 0.4) is 0 Å². The molecule has 2 aromatic carbocycles. The van der Waals surface area contributed by atoms with E-state index in [4.69, 9.17) is 16.3 Å². The fourth-order valence-electron chi connectivity index (χ4n) is 3.01. The van der Waals surface area contributed by atoms with Crippen molar-refractivity contribution >= 4 is 33.2 Å². The van der Waals surface area contributed by atoms with Gasteiger partial charge in [-0.15, -0.1) is 0 Å². The maximum Gasteiger partial charge on any atom is 0.241 e. The third kappa shape index (κ3) is 5.87. The van der Waals surface area contributed by atoms with E-state index < -0.39 is 15.9 Å². The molecule has 1 amide bonds. The molecule has 1 atom stereocenters. The molecule has 0 saturated heterocycles. The molecule has 2 rings (SSSR count). The molecule has 0 spiro atoms. The van der Waals surface area contributed by atoms with Crippen molar-refractivity contribution in [3.63, 3.8) is 0 Å². The second-order valence-corrected chi connectivity index (χ2v) is 9.30. The van der Waals surface area contributed by atoms with Crippen LogP contribution in [0.5, 0.6) is 5.75 Å². The molecular formula is C21H27ClN2O4S. The molecule has 0 radical (unpaired) electrons. The predicted octanol–water partition coefficient (Wildman–Crippen LogP) is 4.00. The van der Waals surface area contributed by atoms with E-state index in [1.165, 1.54) is 18.7 Å². The maximum atomic E-state index is 12.8. The standard InChI is InChI=1S/C21H27ClN2O4S/c1-6-18(16-8-7-14(2)15(3)11-16)23-21(25)13-24(29(5,26)27)19-12-17(22)9-10-20(19)28-4/h7-12,18H,6,13H2,1-5H3,(H,23,25). The Balaban J connectivity index is 2.29.